The number of pyridine rings is 2. The Morgan fingerprint density at radius 2 is 0.960 bits per heavy atom. The van der Waals surface area contributed by atoms with Crippen LogP contribution in [0.4, 0.5) is 0 Å². The van der Waals surface area contributed by atoms with Crippen molar-refractivity contribution in [3.05, 3.63) is 120 Å². The third kappa shape index (κ3) is 11.7. The van der Waals surface area contributed by atoms with E-state index < -0.39 is 0 Å². The third-order valence-corrected chi connectivity index (χ3v) is 9.89. The molecule has 50 heavy (non-hydrogen) atoms. The molecule has 2 atom stereocenters. The lowest BCUT2D eigenvalue weighted by atomic mass is 9.84. The maximum Gasteiger partial charge on any atom is 0.253 e. The number of amides is 2. The standard InChI is InChI=1S/2C21H26N2O2/c2*1-16(18-10-6-3-7-11-18)23-21(24)19-12-13-20(22-14-19)25-15-17-8-4-2-5-9-17/h2*2,4-5,8-9,12-14,16,18H,3,6-7,10-11,15H2,1H3,(H,23,24)/t2*16-/m10/s1. The van der Waals surface area contributed by atoms with Crippen LogP contribution in [0.5, 0.6) is 11.8 Å². The molecule has 2 aromatic carbocycles. The number of carbonyl (C=O) groups excluding carboxylic acids is 2. The van der Waals surface area contributed by atoms with Crippen molar-refractivity contribution in [1.82, 2.24) is 20.6 Å². The van der Waals surface area contributed by atoms with Gasteiger partial charge in [0.1, 0.15) is 13.2 Å². The van der Waals surface area contributed by atoms with Gasteiger partial charge in [0.15, 0.2) is 0 Å². The number of ether oxygens (including phenoxy) is 2. The zero-order valence-electron chi connectivity index (χ0n) is 29.6. The number of nitrogens with one attached hydrogen (secondary N) is 2. The Bertz CT molecular complexity index is 1450. The zero-order chi connectivity index (χ0) is 35.0. The molecule has 2 fully saturated rings. The van der Waals surface area contributed by atoms with Gasteiger partial charge in [-0.05, 0) is 74.6 Å². The normalized spacial score (nSPS) is 16.2. The molecule has 264 valence electrons. The fraction of sp³-hybridized carbons (Fsp3) is 0.429. The Balaban J connectivity index is 0.000000194. The number of aromatic nitrogens is 2. The van der Waals surface area contributed by atoms with E-state index in [1.807, 2.05) is 60.7 Å². The molecule has 2 heterocycles. The number of benzene rings is 2. The predicted molar refractivity (Wildman–Crippen MR) is 197 cm³/mol. The SMILES string of the molecule is C[C@@H](NC(=O)c1ccc(OCc2ccccc2)nc1)C1CCCCC1.C[C@H](NC(=O)c1ccc(OCc2ccccc2)nc1)C1CCCCC1. The van der Waals surface area contributed by atoms with E-state index in [-0.39, 0.29) is 23.9 Å². The largest absolute Gasteiger partial charge is 0.473 e. The van der Waals surface area contributed by atoms with Gasteiger partial charge in [-0.1, -0.05) is 99.2 Å². The molecule has 2 aromatic heterocycles. The van der Waals surface area contributed by atoms with Crippen molar-refractivity contribution >= 4 is 11.8 Å². The molecule has 0 radical (unpaired) electrons. The first-order valence-electron chi connectivity index (χ1n) is 18.3. The number of rotatable bonds is 12. The lowest BCUT2D eigenvalue weighted by Gasteiger charge is -2.28. The summed E-state index contributed by atoms with van der Waals surface area (Å²) in [7, 11) is 0. The second kappa shape index (κ2) is 19.5. The highest BCUT2D eigenvalue weighted by Crippen LogP contribution is 2.27. The van der Waals surface area contributed by atoms with E-state index >= 15 is 0 Å². The van der Waals surface area contributed by atoms with Crippen LogP contribution in [0.2, 0.25) is 0 Å². The average molecular weight is 677 g/mol. The highest BCUT2D eigenvalue weighted by Gasteiger charge is 2.23. The van der Waals surface area contributed by atoms with Gasteiger partial charge in [0.25, 0.3) is 11.8 Å². The Hall–Kier alpha value is -4.72. The quantitative estimate of drug-likeness (QED) is 0.156. The monoisotopic (exact) mass is 676 g/mol. The van der Waals surface area contributed by atoms with Crippen LogP contribution in [0, 0.1) is 11.8 Å². The van der Waals surface area contributed by atoms with Crippen molar-refractivity contribution in [2.45, 2.75) is 103 Å². The van der Waals surface area contributed by atoms with Crippen LogP contribution in [0.25, 0.3) is 0 Å². The van der Waals surface area contributed by atoms with Crippen molar-refractivity contribution in [3.8, 4) is 11.8 Å². The summed E-state index contributed by atoms with van der Waals surface area (Å²) in [5.74, 6) is 2.14. The van der Waals surface area contributed by atoms with Crippen molar-refractivity contribution < 1.29 is 19.1 Å². The molecular formula is C42H52N4O4. The molecule has 2 aliphatic rings. The van der Waals surface area contributed by atoms with E-state index in [1.165, 1.54) is 64.2 Å². The summed E-state index contributed by atoms with van der Waals surface area (Å²) in [4.78, 5) is 33.3. The maximum atomic E-state index is 12.4. The summed E-state index contributed by atoms with van der Waals surface area (Å²) in [5, 5.41) is 6.25. The van der Waals surface area contributed by atoms with Crippen LogP contribution in [0.1, 0.15) is 110 Å². The molecule has 2 saturated carbocycles. The van der Waals surface area contributed by atoms with Gasteiger partial charge < -0.3 is 20.1 Å². The molecule has 0 aliphatic heterocycles. The number of carbonyl (C=O) groups is 2. The minimum absolute atomic E-state index is 0.0554. The summed E-state index contributed by atoms with van der Waals surface area (Å²) < 4.78 is 11.3. The predicted octanol–water partition coefficient (Wildman–Crippen LogP) is 8.72. The van der Waals surface area contributed by atoms with Gasteiger partial charge in [-0.15, -0.1) is 0 Å². The van der Waals surface area contributed by atoms with Crippen LogP contribution in [-0.4, -0.2) is 33.9 Å². The van der Waals surface area contributed by atoms with E-state index in [9.17, 15) is 9.59 Å². The van der Waals surface area contributed by atoms with Gasteiger partial charge in [0.05, 0.1) is 11.1 Å². The summed E-state index contributed by atoms with van der Waals surface area (Å²) in [6.07, 6.45) is 15.8. The minimum atomic E-state index is -0.0554. The van der Waals surface area contributed by atoms with Crippen molar-refractivity contribution in [2.75, 3.05) is 0 Å². The van der Waals surface area contributed by atoms with Gasteiger partial charge >= 0.3 is 0 Å². The number of hydrogen-bond donors (Lipinski definition) is 2. The lowest BCUT2D eigenvalue weighted by Crippen LogP contribution is -2.38. The summed E-state index contributed by atoms with van der Waals surface area (Å²) in [6.45, 7) is 5.16. The molecule has 2 amide bonds. The van der Waals surface area contributed by atoms with Crippen LogP contribution < -0.4 is 20.1 Å². The molecule has 0 saturated heterocycles. The Morgan fingerprint density at radius 3 is 1.30 bits per heavy atom. The van der Waals surface area contributed by atoms with E-state index in [2.05, 4.69) is 34.4 Å². The molecule has 0 unspecified atom stereocenters. The van der Waals surface area contributed by atoms with Gasteiger partial charge in [0, 0.05) is 36.6 Å². The second-order valence-electron chi connectivity index (χ2n) is 13.6. The second-order valence-corrected chi connectivity index (χ2v) is 13.6. The van der Waals surface area contributed by atoms with E-state index in [0.717, 1.165) is 11.1 Å². The summed E-state index contributed by atoms with van der Waals surface area (Å²) in [6, 6.07) is 27.4. The first kappa shape index (κ1) is 36.6. The van der Waals surface area contributed by atoms with Gasteiger partial charge in [-0.3, -0.25) is 9.59 Å². The van der Waals surface area contributed by atoms with E-state index in [4.69, 9.17) is 9.47 Å². The summed E-state index contributed by atoms with van der Waals surface area (Å²) in [5.41, 5.74) is 3.34. The number of nitrogens with zero attached hydrogens (tertiary/aromatic N) is 2. The van der Waals surface area contributed by atoms with Crippen molar-refractivity contribution in [2.24, 2.45) is 11.8 Å². The van der Waals surface area contributed by atoms with Gasteiger partial charge in [-0.25, -0.2) is 9.97 Å². The highest BCUT2D eigenvalue weighted by molar-refractivity contribution is 5.94. The Kier molecular flexibility index (Phi) is 14.2. The molecule has 0 bridgehead atoms. The van der Waals surface area contributed by atoms with Crippen molar-refractivity contribution in [3.63, 3.8) is 0 Å². The Labute approximate surface area is 297 Å². The van der Waals surface area contributed by atoms with Gasteiger partial charge in [0.2, 0.25) is 11.8 Å². The molecule has 8 heteroatoms. The minimum Gasteiger partial charge on any atom is -0.473 e. The molecule has 4 aromatic rings. The molecule has 8 nitrogen and oxygen atoms in total. The zero-order valence-corrected chi connectivity index (χ0v) is 29.6. The molecule has 2 aliphatic carbocycles. The van der Waals surface area contributed by atoms with Gasteiger partial charge in [-0.2, -0.15) is 0 Å². The molecule has 0 spiro atoms. The lowest BCUT2D eigenvalue weighted by molar-refractivity contribution is 0.0910. The molecule has 2 N–H and O–H groups in total. The van der Waals surface area contributed by atoms with Crippen LogP contribution in [0.3, 0.4) is 0 Å². The average Bonchev–Trinajstić information content (AvgIpc) is 3.18. The van der Waals surface area contributed by atoms with Crippen LogP contribution >= 0.6 is 0 Å². The number of hydrogen-bond acceptors (Lipinski definition) is 6. The topological polar surface area (TPSA) is 102 Å². The third-order valence-electron chi connectivity index (χ3n) is 9.89. The van der Waals surface area contributed by atoms with Crippen LogP contribution in [0.15, 0.2) is 97.3 Å². The smallest absolute Gasteiger partial charge is 0.253 e. The van der Waals surface area contributed by atoms with E-state index in [0.29, 0.717) is 47.9 Å². The Morgan fingerprint density at radius 1 is 0.580 bits per heavy atom. The molecule has 6 rings (SSSR count). The maximum absolute atomic E-state index is 12.4. The fourth-order valence-corrected chi connectivity index (χ4v) is 6.75. The highest BCUT2D eigenvalue weighted by atomic mass is 16.5. The fourth-order valence-electron chi connectivity index (χ4n) is 6.75. The first-order valence-corrected chi connectivity index (χ1v) is 18.3. The molecular weight excluding hydrogens is 624 g/mol. The first-order chi connectivity index (χ1) is 24.4. The van der Waals surface area contributed by atoms with Crippen LogP contribution in [-0.2, 0) is 13.2 Å². The van der Waals surface area contributed by atoms with E-state index in [1.54, 1.807) is 36.7 Å². The summed E-state index contributed by atoms with van der Waals surface area (Å²) >= 11 is 0. The van der Waals surface area contributed by atoms with Crippen molar-refractivity contribution in [1.29, 1.82) is 0 Å².